The fourth-order valence-electron chi connectivity index (χ4n) is 2.60. The van der Waals surface area contributed by atoms with Crippen molar-refractivity contribution in [1.82, 2.24) is 4.31 Å². The van der Waals surface area contributed by atoms with Crippen molar-refractivity contribution in [3.05, 3.63) is 18.2 Å². The molecule has 1 saturated heterocycles. The van der Waals surface area contributed by atoms with Crippen LogP contribution in [0.5, 0.6) is 5.75 Å². The van der Waals surface area contributed by atoms with Crippen molar-refractivity contribution in [2.45, 2.75) is 37.6 Å². The molecule has 0 saturated carbocycles. The normalized spacial score (nSPS) is 24.6. The van der Waals surface area contributed by atoms with E-state index >= 15 is 0 Å². The summed E-state index contributed by atoms with van der Waals surface area (Å²) in [5.74, 6) is 0.706. The molecule has 2 atom stereocenters. The van der Waals surface area contributed by atoms with Gasteiger partial charge in [-0.15, -0.1) is 0 Å². The van der Waals surface area contributed by atoms with E-state index in [0.717, 1.165) is 12.8 Å². The second kappa shape index (κ2) is 5.61. The van der Waals surface area contributed by atoms with E-state index in [0.29, 0.717) is 23.9 Å². The van der Waals surface area contributed by atoms with Crippen molar-refractivity contribution in [3.63, 3.8) is 0 Å². The summed E-state index contributed by atoms with van der Waals surface area (Å²) in [6.45, 7) is 4.56. The molecule has 2 rings (SSSR count). The van der Waals surface area contributed by atoms with Crippen molar-refractivity contribution < 1.29 is 13.2 Å². The minimum absolute atomic E-state index is 0.00216. The molecule has 1 heterocycles. The molecule has 2 N–H and O–H groups in total. The second-order valence-electron chi connectivity index (χ2n) is 5.52. The van der Waals surface area contributed by atoms with Gasteiger partial charge in [-0.25, -0.2) is 8.42 Å². The van der Waals surface area contributed by atoms with Gasteiger partial charge in [0.05, 0.1) is 7.11 Å². The molecule has 112 valence electrons. The van der Waals surface area contributed by atoms with Crippen LogP contribution in [-0.4, -0.2) is 32.4 Å². The molecule has 0 spiro atoms. The lowest BCUT2D eigenvalue weighted by Crippen LogP contribution is -2.44. The molecule has 1 fully saturated rings. The highest BCUT2D eigenvalue weighted by molar-refractivity contribution is 7.89. The van der Waals surface area contributed by atoms with E-state index < -0.39 is 10.0 Å². The molecule has 5 nitrogen and oxygen atoms in total. The van der Waals surface area contributed by atoms with Gasteiger partial charge in [-0.1, -0.05) is 6.92 Å². The number of rotatable bonds is 3. The Balaban J connectivity index is 2.46. The summed E-state index contributed by atoms with van der Waals surface area (Å²) in [7, 11) is -2.12. The highest BCUT2D eigenvalue weighted by Gasteiger charge is 2.35. The predicted molar refractivity (Wildman–Crippen MR) is 79.2 cm³/mol. The van der Waals surface area contributed by atoms with Crippen molar-refractivity contribution in [3.8, 4) is 5.75 Å². The number of hydrogen-bond acceptors (Lipinski definition) is 4. The SMILES string of the molecule is COc1ccc(N)cc1S(=O)(=O)N1CC(C)CCC1C. The minimum Gasteiger partial charge on any atom is -0.495 e. The molecule has 20 heavy (non-hydrogen) atoms. The Kier molecular flexibility index (Phi) is 4.25. The Morgan fingerprint density at radius 2 is 2.00 bits per heavy atom. The predicted octanol–water partition coefficient (Wildman–Crippen LogP) is 2.09. The zero-order chi connectivity index (χ0) is 14.9. The van der Waals surface area contributed by atoms with Gasteiger partial charge in [0, 0.05) is 18.3 Å². The van der Waals surface area contributed by atoms with Crippen LogP contribution in [0.15, 0.2) is 23.1 Å². The van der Waals surface area contributed by atoms with Crippen LogP contribution in [0, 0.1) is 5.92 Å². The zero-order valence-electron chi connectivity index (χ0n) is 12.2. The number of methoxy groups -OCH3 is 1. The van der Waals surface area contributed by atoms with Crippen LogP contribution in [-0.2, 0) is 10.0 Å². The maximum Gasteiger partial charge on any atom is 0.247 e. The zero-order valence-corrected chi connectivity index (χ0v) is 13.0. The Bertz CT molecular complexity index is 586. The average molecular weight is 298 g/mol. The molecule has 6 heteroatoms. The van der Waals surface area contributed by atoms with Gasteiger partial charge in [-0.3, -0.25) is 0 Å². The lowest BCUT2D eigenvalue weighted by atomic mass is 9.97. The number of benzene rings is 1. The topological polar surface area (TPSA) is 72.6 Å². The number of hydrogen-bond donors (Lipinski definition) is 1. The molecule has 1 aromatic carbocycles. The molecule has 0 aromatic heterocycles. The Hall–Kier alpha value is -1.27. The highest BCUT2D eigenvalue weighted by atomic mass is 32.2. The molecule has 0 amide bonds. The summed E-state index contributed by atoms with van der Waals surface area (Å²) in [6.07, 6.45) is 1.94. The number of nitrogens with two attached hydrogens (primary N) is 1. The summed E-state index contributed by atoms with van der Waals surface area (Å²) in [5, 5.41) is 0. The van der Waals surface area contributed by atoms with E-state index in [2.05, 4.69) is 6.92 Å². The number of piperidine rings is 1. The first-order valence-corrected chi connectivity index (χ1v) is 8.25. The monoisotopic (exact) mass is 298 g/mol. The third kappa shape index (κ3) is 2.76. The van der Waals surface area contributed by atoms with Gasteiger partial charge in [-0.2, -0.15) is 4.31 Å². The number of ether oxygens (including phenoxy) is 1. The van der Waals surface area contributed by atoms with Crippen molar-refractivity contribution >= 4 is 15.7 Å². The van der Waals surface area contributed by atoms with E-state index in [-0.39, 0.29) is 10.9 Å². The fourth-order valence-corrected chi connectivity index (χ4v) is 4.58. The van der Waals surface area contributed by atoms with Gasteiger partial charge in [0.2, 0.25) is 10.0 Å². The van der Waals surface area contributed by atoms with Gasteiger partial charge in [0.15, 0.2) is 0 Å². The second-order valence-corrected chi connectivity index (χ2v) is 7.38. The molecule has 0 aliphatic carbocycles. The van der Waals surface area contributed by atoms with E-state index in [1.807, 2.05) is 6.92 Å². The van der Waals surface area contributed by atoms with Gasteiger partial charge >= 0.3 is 0 Å². The molecule has 1 aliphatic rings. The molecular weight excluding hydrogens is 276 g/mol. The number of sulfonamides is 1. The Morgan fingerprint density at radius 3 is 2.65 bits per heavy atom. The summed E-state index contributed by atoms with van der Waals surface area (Å²) in [6, 6.07) is 4.71. The first-order chi connectivity index (χ1) is 9.36. The summed E-state index contributed by atoms with van der Waals surface area (Å²) in [5.41, 5.74) is 6.15. The van der Waals surface area contributed by atoms with Crippen LogP contribution >= 0.6 is 0 Å². The lowest BCUT2D eigenvalue weighted by molar-refractivity contribution is 0.217. The van der Waals surface area contributed by atoms with E-state index in [9.17, 15) is 8.42 Å². The van der Waals surface area contributed by atoms with Crippen molar-refractivity contribution in [2.24, 2.45) is 5.92 Å². The smallest absolute Gasteiger partial charge is 0.247 e. The third-order valence-electron chi connectivity index (χ3n) is 3.83. The van der Waals surface area contributed by atoms with Crippen molar-refractivity contribution in [2.75, 3.05) is 19.4 Å². The Morgan fingerprint density at radius 1 is 1.30 bits per heavy atom. The molecule has 1 aromatic rings. The summed E-state index contributed by atoms with van der Waals surface area (Å²) < 4.78 is 32.5. The first-order valence-electron chi connectivity index (χ1n) is 6.81. The maximum absolute atomic E-state index is 12.9. The third-order valence-corrected chi connectivity index (χ3v) is 5.84. The van der Waals surface area contributed by atoms with Gasteiger partial charge in [0.25, 0.3) is 0 Å². The van der Waals surface area contributed by atoms with Crippen LogP contribution in [0.1, 0.15) is 26.7 Å². The van der Waals surface area contributed by atoms with Crippen molar-refractivity contribution in [1.29, 1.82) is 0 Å². The van der Waals surface area contributed by atoms with Crippen LogP contribution in [0.25, 0.3) is 0 Å². The number of nitrogen functional groups attached to an aromatic ring is 1. The number of nitrogens with zero attached hydrogens (tertiary/aromatic N) is 1. The van der Waals surface area contributed by atoms with Crippen LogP contribution in [0.2, 0.25) is 0 Å². The molecule has 0 radical (unpaired) electrons. The lowest BCUT2D eigenvalue weighted by Gasteiger charge is -2.35. The highest BCUT2D eigenvalue weighted by Crippen LogP contribution is 2.33. The standard InChI is InChI=1S/C14H22N2O3S/c1-10-4-5-11(2)16(9-10)20(17,18)14-8-12(15)6-7-13(14)19-3/h6-8,10-11H,4-5,9,15H2,1-3H3. The minimum atomic E-state index is -3.58. The molecule has 2 unspecified atom stereocenters. The molecule has 1 aliphatic heterocycles. The molecular formula is C14H22N2O3S. The van der Waals surface area contributed by atoms with Gasteiger partial charge in [0.1, 0.15) is 10.6 Å². The Labute approximate surface area is 120 Å². The van der Waals surface area contributed by atoms with E-state index in [4.69, 9.17) is 10.5 Å². The van der Waals surface area contributed by atoms with E-state index in [1.54, 1.807) is 16.4 Å². The summed E-state index contributed by atoms with van der Waals surface area (Å²) in [4.78, 5) is 0.154. The van der Waals surface area contributed by atoms with Gasteiger partial charge < -0.3 is 10.5 Å². The van der Waals surface area contributed by atoms with Crippen LogP contribution in [0.4, 0.5) is 5.69 Å². The summed E-state index contributed by atoms with van der Waals surface area (Å²) >= 11 is 0. The van der Waals surface area contributed by atoms with Gasteiger partial charge in [-0.05, 0) is 43.9 Å². The van der Waals surface area contributed by atoms with E-state index in [1.165, 1.54) is 13.2 Å². The average Bonchev–Trinajstić information content (AvgIpc) is 2.41. The largest absolute Gasteiger partial charge is 0.495 e. The fraction of sp³-hybridized carbons (Fsp3) is 0.571. The number of anilines is 1. The first kappa shape index (κ1) is 15.1. The quantitative estimate of drug-likeness (QED) is 0.867. The van der Waals surface area contributed by atoms with Crippen LogP contribution in [0.3, 0.4) is 0 Å². The maximum atomic E-state index is 12.9. The molecule has 0 bridgehead atoms. The van der Waals surface area contributed by atoms with Crippen LogP contribution < -0.4 is 10.5 Å².